The molecule has 84 valence electrons. The van der Waals surface area contributed by atoms with Crippen molar-refractivity contribution in [3.63, 3.8) is 0 Å². The maximum absolute atomic E-state index is 3.49. The van der Waals surface area contributed by atoms with Crippen LogP contribution in [0.25, 0.3) is 0 Å². The second-order valence-corrected chi connectivity index (χ2v) is 4.67. The highest BCUT2D eigenvalue weighted by molar-refractivity contribution is 5.51. The van der Waals surface area contributed by atoms with Gasteiger partial charge < -0.3 is 10.2 Å². The van der Waals surface area contributed by atoms with Crippen LogP contribution in [0.2, 0.25) is 0 Å². The van der Waals surface area contributed by atoms with Crippen LogP contribution in [-0.2, 0) is 6.54 Å². The maximum Gasteiger partial charge on any atom is 0.0385 e. The number of para-hydroxylation sites is 1. The van der Waals surface area contributed by atoms with Gasteiger partial charge in [-0.2, -0.15) is 0 Å². The molecular formula is C13H22N2. The minimum absolute atomic E-state index is 0.678. The summed E-state index contributed by atoms with van der Waals surface area (Å²) < 4.78 is 0. The molecule has 0 spiro atoms. The van der Waals surface area contributed by atoms with Crippen LogP contribution in [0, 0.1) is 5.92 Å². The van der Waals surface area contributed by atoms with Gasteiger partial charge in [-0.25, -0.2) is 0 Å². The number of nitrogens with zero attached hydrogens (tertiary/aromatic N) is 1. The minimum Gasteiger partial charge on any atom is -0.385 e. The van der Waals surface area contributed by atoms with Crippen LogP contribution in [0.4, 0.5) is 5.69 Å². The zero-order valence-corrected chi connectivity index (χ0v) is 10.2. The number of hydrogen-bond acceptors (Lipinski definition) is 2. The molecule has 15 heavy (non-hydrogen) atoms. The third kappa shape index (κ3) is 4.34. The Balaban J connectivity index is 2.68. The lowest BCUT2D eigenvalue weighted by molar-refractivity contribution is 0.403. The topological polar surface area (TPSA) is 15.3 Å². The Bertz CT molecular complexity index is 292. The van der Waals surface area contributed by atoms with Crippen molar-refractivity contribution in [2.45, 2.75) is 20.4 Å². The van der Waals surface area contributed by atoms with Gasteiger partial charge in [0.2, 0.25) is 0 Å². The molecule has 0 aromatic heterocycles. The van der Waals surface area contributed by atoms with E-state index in [0.29, 0.717) is 5.92 Å². The number of rotatable bonds is 5. The highest BCUT2D eigenvalue weighted by atomic mass is 15.1. The van der Waals surface area contributed by atoms with E-state index in [2.05, 4.69) is 62.4 Å². The Kier molecular flexibility index (Phi) is 4.63. The summed E-state index contributed by atoms with van der Waals surface area (Å²) >= 11 is 0. The minimum atomic E-state index is 0.678. The van der Waals surface area contributed by atoms with E-state index in [1.54, 1.807) is 0 Å². The Labute approximate surface area is 93.3 Å². The summed E-state index contributed by atoms with van der Waals surface area (Å²) in [5.74, 6) is 0.678. The van der Waals surface area contributed by atoms with Gasteiger partial charge in [-0.15, -0.1) is 0 Å². The highest BCUT2D eigenvalue weighted by Crippen LogP contribution is 2.16. The molecule has 1 rings (SSSR count). The van der Waals surface area contributed by atoms with Crippen molar-refractivity contribution < 1.29 is 0 Å². The van der Waals surface area contributed by atoms with Crippen LogP contribution in [0.1, 0.15) is 19.4 Å². The Morgan fingerprint density at radius 1 is 1.20 bits per heavy atom. The van der Waals surface area contributed by atoms with Crippen molar-refractivity contribution in [2.75, 3.05) is 26.0 Å². The second-order valence-electron chi connectivity index (χ2n) is 4.67. The summed E-state index contributed by atoms with van der Waals surface area (Å²) in [7, 11) is 4.19. The van der Waals surface area contributed by atoms with E-state index in [1.807, 2.05) is 0 Å². The fraction of sp³-hybridized carbons (Fsp3) is 0.538. The molecule has 0 bridgehead atoms. The first kappa shape index (κ1) is 12.1. The van der Waals surface area contributed by atoms with Crippen molar-refractivity contribution in [3.8, 4) is 0 Å². The molecule has 0 amide bonds. The van der Waals surface area contributed by atoms with Gasteiger partial charge in [0.15, 0.2) is 0 Å². The maximum atomic E-state index is 3.49. The first-order valence-corrected chi connectivity index (χ1v) is 5.56. The molecule has 0 aliphatic heterocycles. The van der Waals surface area contributed by atoms with E-state index >= 15 is 0 Å². The zero-order valence-electron chi connectivity index (χ0n) is 10.2. The van der Waals surface area contributed by atoms with Gasteiger partial charge in [0.25, 0.3) is 0 Å². The molecule has 0 saturated carbocycles. The third-order valence-corrected chi connectivity index (χ3v) is 2.20. The molecular weight excluding hydrogens is 184 g/mol. The Hall–Kier alpha value is -1.02. The molecule has 0 aliphatic rings. The van der Waals surface area contributed by atoms with E-state index in [1.165, 1.54) is 11.3 Å². The predicted molar refractivity (Wildman–Crippen MR) is 67.2 cm³/mol. The molecule has 2 heteroatoms. The van der Waals surface area contributed by atoms with Gasteiger partial charge in [-0.05, 0) is 31.6 Å². The summed E-state index contributed by atoms with van der Waals surface area (Å²) in [6.07, 6.45) is 0. The Morgan fingerprint density at radius 3 is 2.47 bits per heavy atom. The molecule has 1 aromatic rings. The molecule has 0 radical (unpaired) electrons. The van der Waals surface area contributed by atoms with Crippen LogP contribution < -0.4 is 5.32 Å². The highest BCUT2D eigenvalue weighted by Gasteiger charge is 2.02. The molecule has 0 unspecified atom stereocenters. The van der Waals surface area contributed by atoms with Gasteiger partial charge in [0.1, 0.15) is 0 Å². The summed E-state index contributed by atoms with van der Waals surface area (Å²) in [6, 6.07) is 8.52. The second kappa shape index (κ2) is 5.76. The predicted octanol–water partition coefficient (Wildman–Crippen LogP) is 2.82. The van der Waals surface area contributed by atoms with Crippen molar-refractivity contribution >= 4 is 5.69 Å². The van der Waals surface area contributed by atoms with Crippen molar-refractivity contribution in [3.05, 3.63) is 29.8 Å². The van der Waals surface area contributed by atoms with Gasteiger partial charge in [0.05, 0.1) is 0 Å². The molecule has 0 heterocycles. The fourth-order valence-corrected chi connectivity index (χ4v) is 1.49. The van der Waals surface area contributed by atoms with Gasteiger partial charge in [-0.1, -0.05) is 32.0 Å². The summed E-state index contributed by atoms with van der Waals surface area (Å²) in [5.41, 5.74) is 2.63. The van der Waals surface area contributed by atoms with Crippen molar-refractivity contribution in [2.24, 2.45) is 5.92 Å². The smallest absolute Gasteiger partial charge is 0.0385 e. The first-order valence-electron chi connectivity index (χ1n) is 5.56. The number of anilines is 1. The van der Waals surface area contributed by atoms with Crippen molar-refractivity contribution in [1.29, 1.82) is 0 Å². The third-order valence-electron chi connectivity index (χ3n) is 2.20. The molecule has 0 saturated heterocycles. The van der Waals surface area contributed by atoms with Crippen LogP contribution in [0.5, 0.6) is 0 Å². The number of benzene rings is 1. The SMILES string of the molecule is CC(C)CNc1ccccc1CN(C)C. The normalized spacial score (nSPS) is 11.1. The van der Waals surface area contributed by atoms with Crippen LogP contribution >= 0.6 is 0 Å². The van der Waals surface area contributed by atoms with Gasteiger partial charge >= 0.3 is 0 Å². The van der Waals surface area contributed by atoms with Gasteiger partial charge in [-0.3, -0.25) is 0 Å². The standard InChI is InChI=1S/C13H22N2/c1-11(2)9-14-13-8-6-5-7-12(13)10-15(3)4/h5-8,11,14H,9-10H2,1-4H3. The van der Waals surface area contributed by atoms with Crippen LogP contribution in [0.15, 0.2) is 24.3 Å². The fourth-order valence-electron chi connectivity index (χ4n) is 1.49. The lowest BCUT2D eigenvalue weighted by Gasteiger charge is -2.16. The molecule has 0 aliphatic carbocycles. The molecule has 1 aromatic carbocycles. The lowest BCUT2D eigenvalue weighted by Crippen LogP contribution is -2.14. The quantitative estimate of drug-likeness (QED) is 0.797. The van der Waals surface area contributed by atoms with Crippen LogP contribution in [0.3, 0.4) is 0 Å². The van der Waals surface area contributed by atoms with Crippen molar-refractivity contribution in [1.82, 2.24) is 4.90 Å². The van der Waals surface area contributed by atoms with E-state index in [9.17, 15) is 0 Å². The first-order chi connectivity index (χ1) is 7.09. The van der Waals surface area contributed by atoms with Gasteiger partial charge in [0, 0.05) is 18.8 Å². The largest absolute Gasteiger partial charge is 0.385 e. The average molecular weight is 206 g/mol. The number of hydrogen-bond donors (Lipinski definition) is 1. The Morgan fingerprint density at radius 2 is 1.87 bits per heavy atom. The number of nitrogens with one attached hydrogen (secondary N) is 1. The molecule has 0 fully saturated rings. The van der Waals surface area contributed by atoms with E-state index in [4.69, 9.17) is 0 Å². The molecule has 0 atom stereocenters. The zero-order chi connectivity index (χ0) is 11.3. The van der Waals surface area contributed by atoms with E-state index in [0.717, 1.165) is 13.1 Å². The average Bonchev–Trinajstić information content (AvgIpc) is 2.15. The lowest BCUT2D eigenvalue weighted by atomic mass is 10.1. The molecule has 2 nitrogen and oxygen atoms in total. The summed E-state index contributed by atoms with van der Waals surface area (Å²) in [6.45, 7) is 6.47. The van der Waals surface area contributed by atoms with E-state index in [-0.39, 0.29) is 0 Å². The van der Waals surface area contributed by atoms with Crippen LogP contribution in [-0.4, -0.2) is 25.5 Å². The van der Waals surface area contributed by atoms with E-state index < -0.39 is 0 Å². The summed E-state index contributed by atoms with van der Waals surface area (Å²) in [4.78, 5) is 2.19. The molecule has 1 N–H and O–H groups in total. The summed E-state index contributed by atoms with van der Waals surface area (Å²) in [5, 5.41) is 3.49. The monoisotopic (exact) mass is 206 g/mol.